The standard InChI is InChI=1S/C28H23F3N4O7/c1-4-41-23-13-17(12-22(35(38)39)24(23)42-16(2)27(37)40-3)15-32-34-25(18-8-7-9-19(14-18)28(29,30)31)33-21-11-6-5-10-20(21)26(34)36/h5-16H,4H2,1-3H3/t16-/m1/s1. The molecule has 0 N–H and O–H groups in total. The lowest BCUT2D eigenvalue weighted by molar-refractivity contribution is -0.386. The minimum absolute atomic E-state index is 0.0358. The number of nitrogens with zero attached hydrogens (tertiary/aromatic N) is 4. The molecule has 4 aromatic rings. The van der Waals surface area contributed by atoms with Crippen LogP contribution >= 0.6 is 0 Å². The molecule has 0 aliphatic rings. The maximum absolute atomic E-state index is 13.4. The van der Waals surface area contributed by atoms with Gasteiger partial charge in [0.05, 0.1) is 41.3 Å². The molecule has 0 bridgehead atoms. The largest absolute Gasteiger partial charge is 0.490 e. The molecule has 0 aliphatic carbocycles. The molecule has 0 aliphatic heterocycles. The van der Waals surface area contributed by atoms with E-state index in [1.807, 2.05) is 0 Å². The number of rotatable bonds is 9. The van der Waals surface area contributed by atoms with Crippen molar-refractivity contribution < 1.29 is 37.1 Å². The number of para-hydroxylation sites is 1. The Morgan fingerprint density at radius 2 is 1.90 bits per heavy atom. The molecule has 0 unspecified atom stereocenters. The highest BCUT2D eigenvalue weighted by molar-refractivity contribution is 5.84. The Hall–Kier alpha value is -5.27. The van der Waals surface area contributed by atoms with Gasteiger partial charge in [-0.15, -0.1) is 0 Å². The van der Waals surface area contributed by atoms with Crippen molar-refractivity contribution in [2.45, 2.75) is 26.1 Å². The average molecular weight is 585 g/mol. The number of ether oxygens (including phenoxy) is 3. The van der Waals surface area contributed by atoms with Gasteiger partial charge in [0.25, 0.3) is 5.56 Å². The van der Waals surface area contributed by atoms with Crippen molar-refractivity contribution in [1.29, 1.82) is 0 Å². The number of hydrogen-bond acceptors (Lipinski definition) is 9. The first kappa shape index (κ1) is 29.7. The van der Waals surface area contributed by atoms with Crippen molar-refractivity contribution in [2.24, 2.45) is 5.10 Å². The van der Waals surface area contributed by atoms with E-state index in [0.717, 1.165) is 36.2 Å². The van der Waals surface area contributed by atoms with Gasteiger partial charge in [-0.3, -0.25) is 14.9 Å². The van der Waals surface area contributed by atoms with Gasteiger partial charge in [-0.1, -0.05) is 24.3 Å². The van der Waals surface area contributed by atoms with Crippen LogP contribution in [0.15, 0.2) is 70.6 Å². The normalized spacial score (nSPS) is 12.3. The minimum Gasteiger partial charge on any atom is -0.490 e. The summed E-state index contributed by atoms with van der Waals surface area (Å²) < 4.78 is 56.8. The van der Waals surface area contributed by atoms with Gasteiger partial charge in [0.2, 0.25) is 5.75 Å². The molecule has 42 heavy (non-hydrogen) atoms. The summed E-state index contributed by atoms with van der Waals surface area (Å²) in [6, 6.07) is 12.9. The Labute approximate surface area is 235 Å². The minimum atomic E-state index is -4.65. The molecule has 0 radical (unpaired) electrons. The van der Waals surface area contributed by atoms with Gasteiger partial charge in [-0.25, -0.2) is 9.78 Å². The summed E-state index contributed by atoms with van der Waals surface area (Å²) >= 11 is 0. The Morgan fingerprint density at radius 3 is 2.57 bits per heavy atom. The van der Waals surface area contributed by atoms with Crippen molar-refractivity contribution in [3.8, 4) is 22.9 Å². The summed E-state index contributed by atoms with van der Waals surface area (Å²) in [5, 5.41) is 16.2. The predicted molar refractivity (Wildman–Crippen MR) is 146 cm³/mol. The third kappa shape index (κ3) is 6.22. The molecule has 218 valence electrons. The average Bonchev–Trinajstić information content (AvgIpc) is 2.96. The van der Waals surface area contributed by atoms with E-state index in [-0.39, 0.29) is 46.0 Å². The quantitative estimate of drug-likeness (QED) is 0.113. The summed E-state index contributed by atoms with van der Waals surface area (Å²) in [6.45, 7) is 3.05. The number of carbonyl (C=O) groups excluding carboxylic acids is 1. The highest BCUT2D eigenvalue weighted by Crippen LogP contribution is 2.39. The van der Waals surface area contributed by atoms with Crippen LogP contribution in [0.1, 0.15) is 25.0 Å². The van der Waals surface area contributed by atoms with Crippen molar-refractivity contribution in [3.05, 3.63) is 92.3 Å². The van der Waals surface area contributed by atoms with Crippen molar-refractivity contribution >= 4 is 28.8 Å². The molecule has 0 spiro atoms. The van der Waals surface area contributed by atoms with Crippen LogP contribution in [0.2, 0.25) is 0 Å². The number of alkyl halides is 3. The van der Waals surface area contributed by atoms with E-state index < -0.39 is 40.0 Å². The van der Waals surface area contributed by atoms with E-state index >= 15 is 0 Å². The highest BCUT2D eigenvalue weighted by Gasteiger charge is 2.31. The lowest BCUT2D eigenvalue weighted by Gasteiger charge is -2.16. The topological polar surface area (TPSA) is 135 Å². The number of halogens is 3. The van der Waals surface area contributed by atoms with Gasteiger partial charge < -0.3 is 14.2 Å². The first-order chi connectivity index (χ1) is 19.9. The Morgan fingerprint density at radius 1 is 1.17 bits per heavy atom. The zero-order valence-electron chi connectivity index (χ0n) is 22.4. The van der Waals surface area contributed by atoms with Crippen LogP contribution in [0.3, 0.4) is 0 Å². The zero-order valence-corrected chi connectivity index (χ0v) is 22.4. The van der Waals surface area contributed by atoms with E-state index in [9.17, 15) is 32.9 Å². The summed E-state index contributed by atoms with van der Waals surface area (Å²) in [5.74, 6) is -1.38. The summed E-state index contributed by atoms with van der Waals surface area (Å²) in [5.41, 5.74) is -1.93. The second-order valence-corrected chi connectivity index (χ2v) is 8.73. The molecular weight excluding hydrogens is 561 g/mol. The molecule has 3 aromatic carbocycles. The summed E-state index contributed by atoms with van der Waals surface area (Å²) in [7, 11) is 1.14. The van der Waals surface area contributed by atoms with E-state index in [1.165, 1.54) is 37.3 Å². The first-order valence-corrected chi connectivity index (χ1v) is 12.4. The Kier molecular flexibility index (Phi) is 8.54. The highest BCUT2D eigenvalue weighted by atomic mass is 19.4. The van der Waals surface area contributed by atoms with E-state index in [4.69, 9.17) is 9.47 Å². The van der Waals surface area contributed by atoms with Crippen LogP contribution < -0.4 is 15.0 Å². The maximum Gasteiger partial charge on any atom is 0.416 e. The third-order valence-electron chi connectivity index (χ3n) is 5.91. The van der Waals surface area contributed by atoms with Crippen LogP contribution in [0, 0.1) is 10.1 Å². The number of esters is 1. The molecule has 0 saturated carbocycles. The van der Waals surface area contributed by atoms with Crippen LogP contribution in [0.25, 0.3) is 22.3 Å². The van der Waals surface area contributed by atoms with Gasteiger partial charge in [0, 0.05) is 17.2 Å². The van der Waals surface area contributed by atoms with Gasteiger partial charge in [0.1, 0.15) is 0 Å². The fraction of sp³-hybridized carbons (Fsp3) is 0.214. The number of hydrogen-bond donors (Lipinski definition) is 0. The molecule has 4 rings (SSSR count). The van der Waals surface area contributed by atoms with E-state index in [0.29, 0.717) is 0 Å². The second kappa shape index (κ2) is 12.1. The monoisotopic (exact) mass is 584 g/mol. The number of fused-ring (bicyclic) bond motifs is 1. The predicted octanol–water partition coefficient (Wildman–Crippen LogP) is 5.21. The molecule has 1 atom stereocenters. The smallest absolute Gasteiger partial charge is 0.416 e. The number of aromatic nitrogens is 2. The molecule has 1 heterocycles. The lowest BCUT2D eigenvalue weighted by atomic mass is 10.1. The molecule has 0 saturated heterocycles. The lowest BCUT2D eigenvalue weighted by Crippen LogP contribution is -2.25. The molecule has 14 heteroatoms. The second-order valence-electron chi connectivity index (χ2n) is 8.73. The number of methoxy groups -OCH3 is 1. The van der Waals surface area contributed by atoms with Crippen molar-refractivity contribution in [2.75, 3.05) is 13.7 Å². The van der Waals surface area contributed by atoms with Crippen LogP contribution in [-0.2, 0) is 15.7 Å². The first-order valence-electron chi connectivity index (χ1n) is 12.4. The summed E-state index contributed by atoms with van der Waals surface area (Å²) in [4.78, 5) is 40.9. The van der Waals surface area contributed by atoms with Crippen LogP contribution in [0.4, 0.5) is 18.9 Å². The Bertz CT molecular complexity index is 1750. The number of carbonyl (C=O) groups is 1. The van der Waals surface area contributed by atoms with Gasteiger partial charge in [-0.2, -0.15) is 22.9 Å². The Balaban J connectivity index is 1.89. The van der Waals surface area contributed by atoms with E-state index in [1.54, 1.807) is 19.1 Å². The number of benzene rings is 3. The fourth-order valence-corrected chi connectivity index (χ4v) is 3.97. The number of nitro groups is 1. The summed E-state index contributed by atoms with van der Waals surface area (Å²) in [6.07, 6.45) is -4.76. The van der Waals surface area contributed by atoms with Crippen molar-refractivity contribution in [1.82, 2.24) is 9.66 Å². The van der Waals surface area contributed by atoms with Crippen LogP contribution in [-0.4, -0.2) is 46.6 Å². The molecule has 0 fully saturated rings. The van der Waals surface area contributed by atoms with Gasteiger partial charge in [0.15, 0.2) is 17.7 Å². The van der Waals surface area contributed by atoms with Gasteiger partial charge in [-0.05, 0) is 44.2 Å². The zero-order chi connectivity index (χ0) is 30.6. The number of nitro benzene ring substituents is 1. The molecular formula is C28H23F3N4O7. The molecule has 11 nitrogen and oxygen atoms in total. The van der Waals surface area contributed by atoms with Crippen LogP contribution in [0.5, 0.6) is 11.5 Å². The molecule has 0 amide bonds. The van der Waals surface area contributed by atoms with Crippen molar-refractivity contribution in [3.63, 3.8) is 0 Å². The van der Waals surface area contributed by atoms with Gasteiger partial charge >= 0.3 is 17.8 Å². The third-order valence-corrected chi connectivity index (χ3v) is 5.91. The van der Waals surface area contributed by atoms with E-state index in [2.05, 4.69) is 14.8 Å². The molecule has 1 aromatic heterocycles. The maximum atomic E-state index is 13.4. The fourth-order valence-electron chi connectivity index (χ4n) is 3.97. The SMILES string of the molecule is CCOc1cc(C=Nn2c(-c3cccc(C(F)(F)F)c3)nc3ccccc3c2=O)cc([N+](=O)[O-])c1O[C@H](C)C(=O)OC.